The van der Waals surface area contributed by atoms with Crippen molar-refractivity contribution in [1.82, 2.24) is 4.98 Å². The lowest BCUT2D eigenvalue weighted by atomic mass is 10.0. The second kappa shape index (κ2) is 6.22. The Morgan fingerprint density at radius 2 is 2.00 bits per heavy atom. The number of benzene rings is 1. The Morgan fingerprint density at radius 3 is 2.60 bits per heavy atom. The van der Waals surface area contributed by atoms with Gasteiger partial charge in [0.25, 0.3) is 0 Å². The molecule has 1 aromatic carbocycles. The zero-order valence-electron chi connectivity index (χ0n) is 10.8. The number of hydrogen-bond donors (Lipinski definition) is 1. The van der Waals surface area contributed by atoms with E-state index in [4.69, 9.17) is 10.5 Å². The number of ether oxygens (including phenoxy) is 1. The largest absolute Gasteiger partial charge is 0.496 e. The van der Waals surface area contributed by atoms with E-state index in [1.165, 1.54) is 0 Å². The summed E-state index contributed by atoms with van der Waals surface area (Å²) in [7, 11) is 1.57. The van der Waals surface area contributed by atoms with Crippen molar-refractivity contribution in [2.24, 2.45) is 5.73 Å². The molecular weight excluding hydrogens is 318 g/mol. The highest BCUT2D eigenvalue weighted by Crippen LogP contribution is 2.30. The number of pyridine rings is 1. The monoisotopic (exact) mass is 329 g/mol. The molecule has 2 rings (SSSR count). The lowest BCUT2D eigenvalue weighted by molar-refractivity contribution is 0.413. The van der Waals surface area contributed by atoms with Crippen molar-refractivity contribution in [3.05, 3.63) is 58.3 Å². The highest BCUT2D eigenvalue weighted by molar-refractivity contribution is 9.10. The fourth-order valence-corrected chi connectivity index (χ4v) is 2.16. The molecule has 0 bridgehead atoms. The molecule has 5 heteroatoms. The van der Waals surface area contributed by atoms with Crippen LogP contribution in [0.25, 0.3) is 11.3 Å². The molecule has 0 atom stereocenters. The highest BCUT2D eigenvalue weighted by Gasteiger charge is 2.12. The van der Waals surface area contributed by atoms with E-state index in [2.05, 4.69) is 27.0 Å². The molecule has 0 amide bonds. The number of hydrogen-bond acceptors (Lipinski definition) is 4. The lowest BCUT2D eigenvalue weighted by Gasteiger charge is -2.11. The van der Waals surface area contributed by atoms with Crippen LogP contribution in [0.4, 0.5) is 0 Å². The number of nitrogens with two attached hydrogens (primary N) is 1. The van der Waals surface area contributed by atoms with E-state index in [1.807, 2.05) is 18.2 Å². The average molecular weight is 330 g/mol. The Kier molecular flexibility index (Phi) is 4.38. The predicted octanol–water partition coefficient (Wildman–Crippen LogP) is 3.20. The highest BCUT2D eigenvalue weighted by atomic mass is 79.9. The first-order valence-electron chi connectivity index (χ1n) is 5.81. The minimum absolute atomic E-state index is 0.378. The quantitative estimate of drug-likeness (QED) is 0.877. The molecule has 0 saturated carbocycles. The molecule has 100 valence electrons. The topological polar surface area (TPSA) is 71.9 Å². The van der Waals surface area contributed by atoms with E-state index in [0.29, 0.717) is 22.6 Å². The molecule has 20 heavy (non-hydrogen) atoms. The zero-order chi connectivity index (χ0) is 14.5. The summed E-state index contributed by atoms with van der Waals surface area (Å²) in [5, 5.41) is 9.37. The lowest BCUT2D eigenvalue weighted by Crippen LogP contribution is -2.03. The van der Waals surface area contributed by atoms with Gasteiger partial charge < -0.3 is 10.5 Å². The molecule has 2 N–H and O–H groups in total. The molecule has 0 aliphatic heterocycles. The first-order chi connectivity index (χ1) is 9.67. The Balaban J connectivity index is 2.61. The predicted molar refractivity (Wildman–Crippen MR) is 81.5 cm³/mol. The van der Waals surface area contributed by atoms with Crippen LogP contribution in [0.5, 0.6) is 5.75 Å². The molecule has 0 spiro atoms. The number of halogens is 1. The van der Waals surface area contributed by atoms with Crippen LogP contribution in [0.2, 0.25) is 0 Å². The number of rotatable bonds is 3. The number of allylic oxidation sites excluding steroid dienone is 1. The van der Waals surface area contributed by atoms with E-state index in [9.17, 15) is 5.26 Å². The van der Waals surface area contributed by atoms with Gasteiger partial charge in [-0.2, -0.15) is 5.26 Å². The van der Waals surface area contributed by atoms with Gasteiger partial charge in [0.15, 0.2) is 0 Å². The van der Waals surface area contributed by atoms with Gasteiger partial charge in [0, 0.05) is 22.4 Å². The number of nitrogens with zero attached hydrogens (tertiary/aromatic N) is 2. The van der Waals surface area contributed by atoms with Gasteiger partial charge >= 0.3 is 0 Å². The van der Waals surface area contributed by atoms with Crippen LogP contribution in [-0.4, -0.2) is 12.1 Å². The third kappa shape index (κ3) is 2.81. The van der Waals surface area contributed by atoms with Crippen molar-refractivity contribution in [2.75, 3.05) is 7.11 Å². The van der Waals surface area contributed by atoms with Crippen LogP contribution < -0.4 is 10.5 Å². The molecule has 2 aromatic rings. The third-order valence-corrected chi connectivity index (χ3v) is 3.30. The van der Waals surface area contributed by atoms with Crippen LogP contribution in [0.1, 0.15) is 11.1 Å². The van der Waals surface area contributed by atoms with Gasteiger partial charge in [0.05, 0.1) is 18.4 Å². The molecule has 0 fully saturated rings. The summed E-state index contributed by atoms with van der Waals surface area (Å²) in [5.41, 5.74) is 8.33. The third-order valence-electron chi connectivity index (χ3n) is 2.80. The summed E-state index contributed by atoms with van der Waals surface area (Å²) in [6.45, 7) is 0. The minimum atomic E-state index is 0.378. The molecule has 0 unspecified atom stereocenters. The van der Waals surface area contributed by atoms with Crippen molar-refractivity contribution in [2.45, 2.75) is 0 Å². The zero-order valence-corrected chi connectivity index (χ0v) is 12.4. The van der Waals surface area contributed by atoms with E-state index in [1.54, 1.807) is 31.6 Å². The first-order valence-corrected chi connectivity index (χ1v) is 6.61. The Labute approximate surface area is 125 Å². The van der Waals surface area contributed by atoms with Gasteiger partial charge in [-0.15, -0.1) is 0 Å². The summed E-state index contributed by atoms with van der Waals surface area (Å²) in [6, 6.07) is 11.1. The first kappa shape index (κ1) is 14.1. The Bertz CT molecular complexity index is 690. The number of methoxy groups -OCH3 is 1. The van der Waals surface area contributed by atoms with Crippen molar-refractivity contribution >= 4 is 27.2 Å². The number of nitriles is 1. The van der Waals surface area contributed by atoms with Crippen molar-refractivity contribution in [1.29, 1.82) is 5.26 Å². The van der Waals surface area contributed by atoms with Crippen molar-refractivity contribution < 1.29 is 4.74 Å². The van der Waals surface area contributed by atoms with E-state index in [-0.39, 0.29) is 0 Å². The van der Waals surface area contributed by atoms with E-state index in [0.717, 1.165) is 10.0 Å². The Hall–Kier alpha value is -2.32. The summed E-state index contributed by atoms with van der Waals surface area (Å²) in [4.78, 5) is 3.94. The van der Waals surface area contributed by atoms with Gasteiger partial charge in [0.1, 0.15) is 11.8 Å². The summed E-state index contributed by atoms with van der Waals surface area (Å²) >= 11 is 3.38. The van der Waals surface area contributed by atoms with Gasteiger partial charge in [0.2, 0.25) is 0 Å². The van der Waals surface area contributed by atoms with Crippen LogP contribution in [0.3, 0.4) is 0 Å². The minimum Gasteiger partial charge on any atom is -0.496 e. The van der Waals surface area contributed by atoms with Crippen molar-refractivity contribution in [3.8, 4) is 11.8 Å². The molecule has 0 aliphatic rings. The van der Waals surface area contributed by atoms with Crippen LogP contribution >= 0.6 is 15.9 Å². The van der Waals surface area contributed by atoms with Gasteiger partial charge in [-0.1, -0.05) is 15.9 Å². The molecule has 1 heterocycles. The van der Waals surface area contributed by atoms with Gasteiger partial charge in [-0.3, -0.25) is 4.98 Å². The molecule has 0 saturated heterocycles. The SMILES string of the molecule is COc1cc(Br)ccc1/C(N)=C(/C#N)c1ccncc1. The molecule has 1 aromatic heterocycles. The van der Waals surface area contributed by atoms with Crippen LogP contribution in [0.15, 0.2) is 47.2 Å². The molecule has 4 nitrogen and oxygen atoms in total. The smallest absolute Gasteiger partial charge is 0.129 e. The van der Waals surface area contributed by atoms with Crippen LogP contribution in [-0.2, 0) is 0 Å². The number of aromatic nitrogens is 1. The maximum absolute atomic E-state index is 9.37. The normalized spacial score (nSPS) is 11.4. The van der Waals surface area contributed by atoms with E-state index >= 15 is 0 Å². The Morgan fingerprint density at radius 1 is 1.30 bits per heavy atom. The second-order valence-corrected chi connectivity index (χ2v) is 4.90. The fraction of sp³-hybridized carbons (Fsp3) is 0.0667. The molecule has 0 radical (unpaired) electrons. The standard InChI is InChI=1S/C15H12BrN3O/c1-20-14-8-11(16)2-3-12(14)15(18)13(9-17)10-4-6-19-7-5-10/h2-8H,18H2,1H3/b15-13+. The van der Waals surface area contributed by atoms with Crippen molar-refractivity contribution in [3.63, 3.8) is 0 Å². The van der Waals surface area contributed by atoms with Crippen LogP contribution in [0, 0.1) is 11.3 Å². The van der Waals surface area contributed by atoms with Gasteiger partial charge in [-0.05, 0) is 35.9 Å². The summed E-state index contributed by atoms with van der Waals surface area (Å²) in [5.74, 6) is 0.610. The molecular formula is C15H12BrN3O. The van der Waals surface area contributed by atoms with Gasteiger partial charge in [-0.25, -0.2) is 0 Å². The fourth-order valence-electron chi connectivity index (χ4n) is 1.82. The maximum atomic E-state index is 9.37. The average Bonchev–Trinajstić information content (AvgIpc) is 2.48. The summed E-state index contributed by atoms with van der Waals surface area (Å²) < 4.78 is 6.19. The molecule has 0 aliphatic carbocycles. The summed E-state index contributed by atoms with van der Waals surface area (Å²) in [6.07, 6.45) is 3.25. The maximum Gasteiger partial charge on any atom is 0.129 e. The van der Waals surface area contributed by atoms with E-state index < -0.39 is 0 Å². The second-order valence-electron chi connectivity index (χ2n) is 3.98.